The number of hydrogen-bond acceptors (Lipinski definition) is 5. The number of rotatable bonds is 9. The third-order valence-electron chi connectivity index (χ3n) is 6.10. The maximum Gasteiger partial charge on any atom is 0.326 e. The number of anilines is 1. The minimum Gasteiger partial charge on any atom is -0.480 e. The molecule has 1 aliphatic heterocycles. The molecule has 0 aromatic heterocycles. The molecule has 0 radical (unpaired) electrons. The van der Waals surface area contributed by atoms with Crippen molar-refractivity contribution in [1.29, 1.82) is 0 Å². The van der Waals surface area contributed by atoms with Gasteiger partial charge < -0.3 is 25.0 Å². The van der Waals surface area contributed by atoms with E-state index in [1.54, 1.807) is 35.2 Å². The van der Waals surface area contributed by atoms with Crippen molar-refractivity contribution >= 4 is 23.5 Å². The Hall–Kier alpha value is -4.33. The molecule has 0 saturated carbocycles. The van der Waals surface area contributed by atoms with Crippen LogP contribution in [0.1, 0.15) is 23.2 Å². The van der Waals surface area contributed by atoms with Gasteiger partial charge in [0, 0.05) is 43.9 Å². The van der Waals surface area contributed by atoms with Gasteiger partial charge in [-0.3, -0.25) is 9.59 Å². The fraction of sp³-hybridized carbons (Fsp3) is 0.250. The topological polar surface area (TPSA) is 99.2 Å². The number of ether oxygens (including phenoxy) is 1. The first-order valence-electron chi connectivity index (χ1n) is 11.9. The fourth-order valence-corrected chi connectivity index (χ4v) is 4.08. The Bertz CT molecular complexity index is 1160. The second-order valence-corrected chi connectivity index (χ2v) is 8.55. The van der Waals surface area contributed by atoms with Crippen molar-refractivity contribution in [3.8, 4) is 11.5 Å². The van der Waals surface area contributed by atoms with Crippen molar-refractivity contribution in [2.75, 3.05) is 31.1 Å². The van der Waals surface area contributed by atoms with Gasteiger partial charge in [0.1, 0.15) is 17.5 Å². The minimum absolute atomic E-state index is 0.0375. The molecule has 1 atom stereocenters. The van der Waals surface area contributed by atoms with Gasteiger partial charge in [0.25, 0.3) is 5.91 Å². The van der Waals surface area contributed by atoms with Crippen molar-refractivity contribution in [3.05, 3.63) is 90.5 Å². The third-order valence-corrected chi connectivity index (χ3v) is 6.10. The van der Waals surface area contributed by atoms with Gasteiger partial charge in [-0.15, -0.1) is 0 Å². The summed E-state index contributed by atoms with van der Waals surface area (Å²) in [6, 6.07) is 24.7. The maximum absolute atomic E-state index is 12.7. The van der Waals surface area contributed by atoms with E-state index in [0.717, 1.165) is 17.2 Å². The lowest BCUT2D eigenvalue weighted by molar-refractivity contribution is -0.139. The first kappa shape index (κ1) is 24.8. The van der Waals surface area contributed by atoms with Crippen LogP contribution in [-0.4, -0.2) is 60.0 Å². The fourth-order valence-electron chi connectivity index (χ4n) is 4.08. The zero-order chi connectivity index (χ0) is 25.3. The van der Waals surface area contributed by atoms with Gasteiger partial charge in [0.15, 0.2) is 0 Å². The van der Waals surface area contributed by atoms with E-state index in [-0.39, 0.29) is 18.7 Å². The second kappa shape index (κ2) is 11.9. The number of aliphatic carboxylic acids is 1. The van der Waals surface area contributed by atoms with E-state index in [4.69, 9.17) is 4.74 Å². The minimum atomic E-state index is -1.16. The number of para-hydroxylation sites is 1. The van der Waals surface area contributed by atoms with Gasteiger partial charge in [0.05, 0.1) is 0 Å². The van der Waals surface area contributed by atoms with Crippen LogP contribution < -0.4 is 15.0 Å². The highest BCUT2D eigenvalue weighted by molar-refractivity contribution is 5.96. The summed E-state index contributed by atoms with van der Waals surface area (Å²) in [4.78, 5) is 40.6. The number of piperazine rings is 1. The molecule has 3 aromatic carbocycles. The summed E-state index contributed by atoms with van der Waals surface area (Å²) < 4.78 is 5.84. The summed E-state index contributed by atoms with van der Waals surface area (Å²) in [6.07, 6.45) is 0.0907. The molecule has 1 fully saturated rings. The standard InChI is InChI=1S/C28H29N3O5/c32-26(16-15-25(28(34)35)29-27(33)21-7-3-1-4-8-21)31-19-17-30(18-20-31)22-11-13-24(14-12-22)36-23-9-5-2-6-10-23/h1-14,25H,15-20H2,(H,29,33)(H,34,35)/t25-/m0/s1. The van der Waals surface area contributed by atoms with Crippen molar-refractivity contribution < 1.29 is 24.2 Å². The molecule has 0 bridgehead atoms. The van der Waals surface area contributed by atoms with E-state index in [9.17, 15) is 19.5 Å². The molecular weight excluding hydrogens is 458 g/mol. The van der Waals surface area contributed by atoms with Crippen LogP contribution in [0.3, 0.4) is 0 Å². The summed E-state index contributed by atoms with van der Waals surface area (Å²) in [5.41, 5.74) is 1.43. The van der Waals surface area contributed by atoms with Crippen molar-refractivity contribution in [2.24, 2.45) is 0 Å². The highest BCUT2D eigenvalue weighted by Crippen LogP contribution is 2.25. The van der Waals surface area contributed by atoms with Crippen molar-refractivity contribution in [2.45, 2.75) is 18.9 Å². The van der Waals surface area contributed by atoms with Crippen LogP contribution in [0.5, 0.6) is 11.5 Å². The molecule has 2 amide bonds. The highest BCUT2D eigenvalue weighted by atomic mass is 16.5. The van der Waals surface area contributed by atoms with Crippen molar-refractivity contribution in [1.82, 2.24) is 10.2 Å². The van der Waals surface area contributed by atoms with Crippen LogP contribution in [-0.2, 0) is 9.59 Å². The number of hydrogen-bond donors (Lipinski definition) is 2. The third kappa shape index (κ3) is 6.63. The van der Waals surface area contributed by atoms with E-state index in [2.05, 4.69) is 10.2 Å². The molecule has 2 N–H and O–H groups in total. The molecule has 1 heterocycles. The zero-order valence-corrected chi connectivity index (χ0v) is 19.9. The van der Waals surface area contributed by atoms with Crippen LogP contribution >= 0.6 is 0 Å². The number of carboxylic acid groups (broad SMARTS) is 1. The lowest BCUT2D eigenvalue weighted by Crippen LogP contribution is -2.49. The lowest BCUT2D eigenvalue weighted by Gasteiger charge is -2.36. The van der Waals surface area contributed by atoms with Crippen LogP contribution in [0.2, 0.25) is 0 Å². The average Bonchev–Trinajstić information content (AvgIpc) is 2.92. The van der Waals surface area contributed by atoms with E-state index in [1.165, 1.54) is 0 Å². The maximum atomic E-state index is 12.7. The molecule has 0 unspecified atom stereocenters. The van der Waals surface area contributed by atoms with Gasteiger partial charge in [0.2, 0.25) is 5.91 Å². The van der Waals surface area contributed by atoms with E-state index >= 15 is 0 Å². The zero-order valence-electron chi connectivity index (χ0n) is 19.9. The van der Waals surface area contributed by atoms with E-state index in [0.29, 0.717) is 31.7 Å². The normalized spacial score (nSPS) is 14.1. The molecule has 0 aliphatic carbocycles. The number of nitrogens with one attached hydrogen (secondary N) is 1. The van der Waals surface area contributed by atoms with Crippen LogP contribution in [0.25, 0.3) is 0 Å². The molecule has 1 saturated heterocycles. The van der Waals surface area contributed by atoms with Crippen LogP contribution in [0.15, 0.2) is 84.9 Å². The number of amides is 2. The number of benzene rings is 3. The van der Waals surface area contributed by atoms with E-state index in [1.807, 2.05) is 54.6 Å². The largest absolute Gasteiger partial charge is 0.480 e. The lowest BCUT2D eigenvalue weighted by atomic mass is 10.1. The Morgan fingerprint density at radius 3 is 2.00 bits per heavy atom. The predicted molar refractivity (Wildman–Crippen MR) is 136 cm³/mol. The summed E-state index contributed by atoms with van der Waals surface area (Å²) >= 11 is 0. The SMILES string of the molecule is O=C(N[C@@H](CCC(=O)N1CCN(c2ccc(Oc3ccccc3)cc2)CC1)C(=O)O)c1ccccc1. The Morgan fingerprint density at radius 1 is 0.806 bits per heavy atom. The number of nitrogens with zero attached hydrogens (tertiary/aromatic N) is 2. The average molecular weight is 488 g/mol. The number of carbonyl (C=O) groups is 3. The molecule has 36 heavy (non-hydrogen) atoms. The molecule has 0 spiro atoms. The van der Waals surface area contributed by atoms with Crippen LogP contribution in [0.4, 0.5) is 5.69 Å². The molecule has 3 aromatic rings. The Kier molecular flexibility index (Phi) is 8.18. The highest BCUT2D eigenvalue weighted by Gasteiger charge is 2.25. The first-order valence-corrected chi connectivity index (χ1v) is 11.9. The van der Waals surface area contributed by atoms with Gasteiger partial charge in [-0.1, -0.05) is 36.4 Å². The first-order chi connectivity index (χ1) is 17.5. The molecule has 4 rings (SSSR count). The summed E-state index contributed by atoms with van der Waals surface area (Å²) in [5.74, 6) is -0.199. The summed E-state index contributed by atoms with van der Waals surface area (Å²) in [6.45, 7) is 2.46. The van der Waals surface area contributed by atoms with Crippen molar-refractivity contribution in [3.63, 3.8) is 0 Å². The van der Waals surface area contributed by atoms with E-state index < -0.39 is 17.9 Å². The molecule has 8 heteroatoms. The van der Waals surface area contributed by atoms with Gasteiger partial charge in [-0.2, -0.15) is 0 Å². The Morgan fingerprint density at radius 2 is 1.39 bits per heavy atom. The van der Waals surface area contributed by atoms with Crippen LogP contribution in [0, 0.1) is 0 Å². The molecule has 8 nitrogen and oxygen atoms in total. The molecule has 1 aliphatic rings. The number of carboxylic acids is 1. The van der Waals surface area contributed by atoms with Gasteiger partial charge >= 0.3 is 5.97 Å². The summed E-state index contributed by atoms with van der Waals surface area (Å²) in [5, 5.41) is 12.0. The number of carbonyl (C=O) groups excluding carboxylic acids is 2. The quantitative estimate of drug-likeness (QED) is 0.477. The predicted octanol–water partition coefficient (Wildman–Crippen LogP) is 3.79. The Balaban J connectivity index is 1.24. The second-order valence-electron chi connectivity index (χ2n) is 8.55. The molecular formula is C28H29N3O5. The van der Waals surface area contributed by atoms with Gasteiger partial charge in [-0.05, 0) is 55.0 Å². The monoisotopic (exact) mass is 487 g/mol. The summed E-state index contributed by atoms with van der Waals surface area (Å²) in [7, 11) is 0. The van der Waals surface area contributed by atoms with Gasteiger partial charge in [-0.25, -0.2) is 4.79 Å². The Labute approximate surface area is 210 Å². The smallest absolute Gasteiger partial charge is 0.326 e. The molecule has 186 valence electrons.